The maximum absolute atomic E-state index is 12.3. The standard InChI is InChI=1S/C15H16N2O2S2/c18-15(17-12-7-9-1-2-11(12)16-9)13-3-4-14(21-13)19-10-5-6-20-8-10/h3-6,8-9,11-12,16H,1-2,7H2,(H,17,18). The molecule has 21 heavy (non-hydrogen) atoms. The lowest BCUT2D eigenvalue weighted by atomic mass is 9.95. The third-order valence-corrected chi connectivity index (χ3v) is 5.76. The smallest absolute Gasteiger partial charge is 0.261 e. The molecule has 0 radical (unpaired) electrons. The van der Waals surface area contributed by atoms with Gasteiger partial charge < -0.3 is 15.4 Å². The Labute approximate surface area is 131 Å². The van der Waals surface area contributed by atoms with Gasteiger partial charge in [0.15, 0.2) is 5.06 Å². The predicted octanol–water partition coefficient (Wildman–Crippen LogP) is 3.22. The maximum atomic E-state index is 12.3. The van der Waals surface area contributed by atoms with Crippen LogP contribution in [0.2, 0.25) is 0 Å². The highest BCUT2D eigenvalue weighted by Crippen LogP contribution is 2.32. The molecule has 0 aliphatic carbocycles. The van der Waals surface area contributed by atoms with Crippen LogP contribution in [0.15, 0.2) is 29.0 Å². The number of amides is 1. The Bertz CT molecular complexity index is 638. The Hall–Kier alpha value is -1.37. The van der Waals surface area contributed by atoms with Crippen LogP contribution in [0.5, 0.6) is 10.8 Å². The van der Waals surface area contributed by atoms with Crippen molar-refractivity contribution in [2.45, 2.75) is 37.4 Å². The molecule has 6 heteroatoms. The highest BCUT2D eigenvalue weighted by molar-refractivity contribution is 7.15. The van der Waals surface area contributed by atoms with Crippen molar-refractivity contribution in [3.05, 3.63) is 33.8 Å². The van der Waals surface area contributed by atoms with E-state index in [1.807, 2.05) is 29.0 Å². The Morgan fingerprint density at radius 1 is 1.33 bits per heavy atom. The third kappa shape index (κ3) is 2.71. The summed E-state index contributed by atoms with van der Waals surface area (Å²) in [7, 11) is 0. The van der Waals surface area contributed by atoms with Crippen molar-refractivity contribution in [3.8, 4) is 10.8 Å². The molecular weight excluding hydrogens is 304 g/mol. The van der Waals surface area contributed by atoms with Gasteiger partial charge in [-0.1, -0.05) is 11.3 Å². The van der Waals surface area contributed by atoms with Gasteiger partial charge in [-0.25, -0.2) is 0 Å². The molecule has 4 nitrogen and oxygen atoms in total. The zero-order chi connectivity index (χ0) is 14.2. The fourth-order valence-corrected chi connectivity index (χ4v) is 4.48. The molecule has 2 aliphatic heterocycles. The summed E-state index contributed by atoms with van der Waals surface area (Å²) in [4.78, 5) is 13.0. The summed E-state index contributed by atoms with van der Waals surface area (Å²) < 4.78 is 5.71. The van der Waals surface area contributed by atoms with Gasteiger partial charge in [0.05, 0.1) is 4.88 Å². The molecule has 3 unspecified atom stereocenters. The molecule has 2 aromatic rings. The molecular formula is C15H16N2O2S2. The van der Waals surface area contributed by atoms with Crippen LogP contribution in [-0.4, -0.2) is 24.0 Å². The lowest BCUT2D eigenvalue weighted by molar-refractivity contribution is 0.0935. The number of nitrogens with one attached hydrogen (secondary N) is 2. The Kier molecular flexibility index (Phi) is 3.45. The van der Waals surface area contributed by atoms with Crippen LogP contribution in [0.3, 0.4) is 0 Å². The Balaban J connectivity index is 1.39. The molecule has 110 valence electrons. The molecule has 0 aromatic carbocycles. The molecule has 1 amide bonds. The van der Waals surface area contributed by atoms with Gasteiger partial charge in [0.2, 0.25) is 0 Å². The van der Waals surface area contributed by atoms with Crippen LogP contribution < -0.4 is 15.4 Å². The lowest BCUT2D eigenvalue weighted by Gasteiger charge is -2.20. The second-order valence-electron chi connectivity index (χ2n) is 5.54. The quantitative estimate of drug-likeness (QED) is 0.909. The first-order chi connectivity index (χ1) is 10.3. The second kappa shape index (κ2) is 5.44. The van der Waals surface area contributed by atoms with Crippen molar-refractivity contribution in [2.24, 2.45) is 0 Å². The van der Waals surface area contributed by atoms with Crippen LogP contribution in [-0.2, 0) is 0 Å². The van der Waals surface area contributed by atoms with E-state index in [1.165, 1.54) is 24.2 Å². The van der Waals surface area contributed by atoms with Crippen LogP contribution >= 0.6 is 22.7 Å². The number of hydrogen-bond donors (Lipinski definition) is 2. The van der Waals surface area contributed by atoms with Crippen molar-refractivity contribution >= 4 is 28.6 Å². The molecule has 2 saturated heterocycles. The van der Waals surface area contributed by atoms with Crippen molar-refractivity contribution in [1.82, 2.24) is 10.6 Å². The van der Waals surface area contributed by atoms with Crippen LogP contribution in [0.1, 0.15) is 28.9 Å². The largest absolute Gasteiger partial charge is 0.446 e. The highest BCUT2D eigenvalue weighted by atomic mass is 32.1. The first kappa shape index (κ1) is 13.3. The number of thiophene rings is 2. The number of carbonyl (C=O) groups excluding carboxylic acids is 1. The summed E-state index contributed by atoms with van der Waals surface area (Å²) in [5, 5.41) is 11.4. The zero-order valence-electron chi connectivity index (χ0n) is 11.4. The van der Waals surface area contributed by atoms with E-state index in [4.69, 9.17) is 4.74 Å². The van der Waals surface area contributed by atoms with Gasteiger partial charge in [-0.3, -0.25) is 4.79 Å². The van der Waals surface area contributed by atoms with Gasteiger partial charge >= 0.3 is 0 Å². The van der Waals surface area contributed by atoms with Gasteiger partial charge in [-0.05, 0) is 42.8 Å². The minimum Gasteiger partial charge on any atom is -0.446 e. The van der Waals surface area contributed by atoms with Gasteiger partial charge in [-0.15, -0.1) is 11.3 Å². The van der Waals surface area contributed by atoms with E-state index in [9.17, 15) is 4.79 Å². The van der Waals surface area contributed by atoms with Crippen LogP contribution in [0.25, 0.3) is 0 Å². The highest BCUT2D eigenvalue weighted by Gasteiger charge is 2.39. The topological polar surface area (TPSA) is 50.4 Å². The summed E-state index contributed by atoms with van der Waals surface area (Å²) in [5.41, 5.74) is 0. The Morgan fingerprint density at radius 2 is 2.29 bits per heavy atom. The van der Waals surface area contributed by atoms with Gasteiger partial charge in [-0.2, -0.15) is 0 Å². The number of fused-ring (bicyclic) bond motifs is 2. The number of carbonyl (C=O) groups is 1. The molecule has 2 bridgehead atoms. The molecule has 2 aliphatic rings. The van der Waals surface area contributed by atoms with Crippen molar-refractivity contribution in [1.29, 1.82) is 0 Å². The zero-order valence-corrected chi connectivity index (χ0v) is 13.0. The minimum atomic E-state index is 0.0134. The number of rotatable bonds is 4. The van der Waals surface area contributed by atoms with E-state index >= 15 is 0 Å². The van der Waals surface area contributed by atoms with E-state index in [0.717, 1.165) is 17.2 Å². The van der Waals surface area contributed by atoms with E-state index in [2.05, 4.69) is 10.6 Å². The molecule has 2 N–H and O–H groups in total. The summed E-state index contributed by atoms with van der Waals surface area (Å²) in [5.74, 6) is 0.839. The maximum Gasteiger partial charge on any atom is 0.261 e. The SMILES string of the molecule is O=C(NC1CC2CCC1N2)c1ccc(Oc2ccsc2)s1. The molecule has 2 aromatic heterocycles. The van der Waals surface area contributed by atoms with Gasteiger partial charge in [0.25, 0.3) is 5.91 Å². The fraction of sp³-hybridized carbons (Fsp3) is 0.400. The summed E-state index contributed by atoms with van der Waals surface area (Å²) in [6.07, 6.45) is 3.47. The second-order valence-corrected chi connectivity index (χ2v) is 7.37. The average Bonchev–Trinajstić information content (AvgIpc) is 3.24. The predicted molar refractivity (Wildman–Crippen MR) is 84.5 cm³/mol. The average molecular weight is 320 g/mol. The van der Waals surface area contributed by atoms with Gasteiger partial charge in [0.1, 0.15) is 5.75 Å². The first-order valence-corrected chi connectivity index (χ1v) is 8.91. The van der Waals surface area contributed by atoms with Crippen LogP contribution in [0.4, 0.5) is 0 Å². The van der Waals surface area contributed by atoms with Crippen molar-refractivity contribution < 1.29 is 9.53 Å². The fourth-order valence-electron chi connectivity index (χ4n) is 3.15. The van der Waals surface area contributed by atoms with Crippen LogP contribution in [0, 0.1) is 0 Å². The van der Waals surface area contributed by atoms with Crippen molar-refractivity contribution in [3.63, 3.8) is 0 Å². The summed E-state index contributed by atoms with van der Waals surface area (Å²) in [6, 6.07) is 6.95. The van der Waals surface area contributed by atoms with Gasteiger partial charge in [0, 0.05) is 23.5 Å². The summed E-state index contributed by atoms with van der Waals surface area (Å²) in [6.45, 7) is 0. The molecule has 4 heterocycles. The number of hydrogen-bond acceptors (Lipinski definition) is 5. The Morgan fingerprint density at radius 3 is 3.00 bits per heavy atom. The minimum absolute atomic E-state index is 0.0134. The molecule has 0 spiro atoms. The summed E-state index contributed by atoms with van der Waals surface area (Å²) >= 11 is 2.99. The molecule has 0 saturated carbocycles. The van der Waals surface area contributed by atoms with E-state index < -0.39 is 0 Å². The van der Waals surface area contributed by atoms with E-state index in [0.29, 0.717) is 17.0 Å². The lowest BCUT2D eigenvalue weighted by Crippen LogP contribution is -2.42. The first-order valence-electron chi connectivity index (χ1n) is 7.15. The van der Waals surface area contributed by atoms with Crippen molar-refractivity contribution in [2.75, 3.05) is 0 Å². The monoisotopic (exact) mass is 320 g/mol. The normalized spacial score (nSPS) is 27.0. The molecule has 4 rings (SSSR count). The van der Waals surface area contributed by atoms with E-state index in [1.54, 1.807) is 11.3 Å². The molecule has 3 atom stereocenters. The number of ether oxygens (including phenoxy) is 1. The van der Waals surface area contributed by atoms with E-state index in [-0.39, 0.29) is 11.9 Å². The third-order valence-electron chi connectivity index (χ3n) is 4.14. The molecule has 2 fully saturated rings.